The van der Waals surface area contributed by atoms with Gasteiger partial charge in [-0.15, -0.1) is 0 Å². The minimum absolute atomic E-state index is 0.164. The SMILES string of the molecule is O=C(O)C1CCN(C(=O)c2ncc(Br)cc2Br)CC1. The lowest BCUT2D eigenvalue weighted by Crippen LogP contribution is -2.40. The van der Waals surface area contributed by atoms with E-state index in [-0.39, 0.29) is 11.8 Å². The van der Waals surface area contributed by atoms with Gasteiger partial charge in [-0.05, 0) is 50.8 Å². The maximum Gasteiger partial charge on any atom is 0.306 e. The first-order valence-electron chi connectivity index (χ1n) is 5.82. The highest BCUT2D eigenvalue weighted by Crippen LogP contribution is 2.23. The highest BCUT2D eigenvalue weighted by atomic mass is 79.9. The molecule has 1 aromatic rings. The number of pyridine rings is 1. The topological polar surface area (TPSA) is 70.5 Å². The predicted molar refractivity (Wildman–Crippen MR) is 75.9 cm³/mol. The normalized spacial score (nSPS) is 16.4. The highest BCUT2D eigenvalue weighted by Gasteiger charge is 2.28. The van der Waals surface area contributed by atoms with E-state index in [1.165, 1.54) is 0 Å². The summed E-state index contributed by atoms with van der Waals surface area (Å²) in [6.45, 7) is 0.917. The lowest BCUT2D eigenvalue weighted by atomic mass is 9.97. The van der Waals surface area contributed by atoms with Gasteiger partial charge < -0.3 is 10.0 Å². The molecule has 0 spiro atoms. The zero-order chi connectivity index (χ0) is 14.0. The molecule has 1 aliphatic rings. The van der Waals surface area contributed by atoms with Gasteiger partial charge in [0.2, 0.25) is 0 Å². The number of nitrogens with zero attached hydrogens (tertiary/aromatic N) is 2. The van der Waals surface area contributed by atoms with Gasteiger partial charge in [0, 0.05) is 23.8 Å². The summed E-state index contributed by atoms with van der Waals surface area (Å²) in [4.78, 5) is 28.9. The molecule has 0 atom stereocenters. The second kappa shape index (κ2) is 6.00. The summed E-state index contributed by atoms with van der Waals surface area (Å²) < 4.78 is 1.42. The van der Waals surface area contributed by atoms with E-state index >= 15 is 0 Å². The van der Waals surface area contributed by atoms with Crippen LogP contribution in [-0.2, 0) is 4.79 Å². The number of piperidine rings is 1. The first-order chi connectivity index (χ1) is 8.99. The Hall–Kier alpha value is -0.950. The Kier molecular flexibility index (Phi) is 4.57. The van der Waals surface area contributed by atoms with Crippen molar-refractivity contribution in [2.24, 2.45) is 5.92 Å². The molecule has 0 aromatic carbocycles. The maximum atomic E-state index is 12.3. The summed E-state index contributed by atoms with van der Waals surface area (Å²) in [6, 6.07) is 1.77. The molecule has 7 heteroatoms. The van der Waals surface area contributed by atoms with Crippen LogP contribution in [0.1, 0.15) is 23.3 Å². The number of hydrogen-bond acceptors (Lipinski definition) is 3. The van der Waals surface area contributed by atoms with Crippen LogP contribution in [0.15, 0.2) is 21.2 Å². The van der Waals surface area contributed by atoms with Crippen molar-refractivity contribution in [3.63, 3.8) is 0 Å². The number of hydrogen-bond donors (Lipinski definition) is 1. The number of carboxylic acid groups (broad SMARTS) is 1. The van der Waals surface area contributed by atoms with Gasteiger partial charge in [-0.2, -0.15) is 0 Å². The summed E-state index contributed by atoms with van der Waals surface area (Å²) >= 11 is 6.60. The van der Waals surface area contributed by atoms with Crippen LogP contribution in [0, 0.1) is 5.92 Å². The van der Waals surface area contributed by atoms with Gasteiger partial charge in [0.25, 0.3) is 5.91 Å². The van der Waals surface area contributed by atoms with Crippen molar-refractivity contribution < 1.29 is 14.7 Å². The van der Waals surface area contributed by atoms with Gasteiger partial charge in [-0.1, -0.05) is 0 Å². The first-order valence-corrected chi connectivity index (χ1v) is 7.40. The second-order valence-corrected chi connectivity index (χ2v) is 6.16. The number of aliphatic carboxylic acids is 1. The number of aromatic nitrogens is 1. The Balaban J connectivity index is 2.07. The standard InChI is InChI=1S/C12H12Br2N2O3/c13-8-5-9(14)10(15-6-8)11(17)16-3-1-7(2-4-16)12(18)19/h5-7H,1-4H2,(H,18,19). The van der Waals surface area contributed by atoms with Crippen molar-refractivity contribution in [1.82, 2.24) is 9.88 Å². The minimum atomic E-state index is -0.782. The van der Waals surface area contributed by atoms with E-state index in [1.807, 2.05) is 0 Å². The van der Waals surface area contributed by atoms with E-state index < -0.39 is 5.97 Å². The molecule has 1 saturated heterocycles. The van der Waals surface area contributed by atoms with E-state index in [9.17, 15) is 9.59 Å². The molecule has 1 N–H and O–H groups in total. The zero-order valence-corrected chi connectivity index (χ0v) is 13.1. The maximum absolute atomic E-state index is 12.3. The van der Waals surface area contributed by atoms with Gasteiger partial charge in [-0.3, -0.25) is 9.59 Å². The van der Waals surface area contributed by atoms with E-state index in [2.05, 4.69) is 36.8 Å². The fraction of sp³-hybridized carbons (Fsp3) is 0.417. The van der Waals surface area contributed by atoms with Crippen molar-refractivity contribution in [2.45, 2.75) is 12.8 Å². The molecule has 0 radical (unpaired) electrons. The first kappa shape index (κ1) is 14.5. The van der Waals surface area contributed by atoms with Crippen molar-refractivity contribution in [2.75, 3.05) is 13.1 Å². The highest BCUT2D eigenvalue weighted by molar-refractivity contribution is 9.11. The molecule has 0 unspecified atom stereocenters. The summed E-state index contributed by atoms with van der Waals surface area (Å²) in [5.74, 6) is -1.29. The second-order valence-electron chi connectivity index (χ2n) is 4.39. The number of carbonyl (C=O) groups is 2. The van der Waals surface area contributed by atoms with Gasteiger partial charge in [-0.25, -0.2) is 4.98 Å². The third kappa shape index (κ3) is 3.33. The summed E-state index contributed by atoms with van der Waals surface area (Å²) in [7, 11) is 0. The molecule has 0 saturated carbocycles. The number of carbonyl (C=O) groups excluding carboxylic acids is 1. The summed E-state index contributed by atoms with van der Waals surface area (Å²) in [5.41, 5.74) is 0.358. The van der Waals surface area contributed by atoms with Crippen LogP contribution >= 0.6 is 31.9 Å². The monoisotopic (exact) mass is 390 g/mol. The van der Waals surface area contributed by atoms with Gasteiger partial charge in [0.1, 0.15) is 5.69 Å². The predicted octanol–water partition coefficient (Wildman–Crippen LogP) is 2.54. The van der Waals surface area contributed by atoms with Crippen molar-refractivity contribution >= 4 is 43.7 Å². The molecule has 1 amide bonds. The number of amides is 1. The Labute approximate surface area is 127 Å². The van der Waals surface area contributed by atoms with Gasteiger partial charge in [0.05, 0.1) is 10.4 Å². The fourth-order valence-electron chi connectivity index (χ4n) is 2.05. The lowest BCUT2D eigenvalue weighted by molar-refractivity contribution is -0.143. The van der Waals surface area contributed by atoms with Crippen LogP contribution in [0.5, 0.6) is 0 Å². The van der Waals surface area contributed by atoms with E-state index in [1.54, 1.807) is 17.2 Å². The number of halogens is 2. The van der Waals surface area contributed by atoms with Crippen LogP contribution in [0.4, 0.5) is 0 Å². The van der Waals surface area contributed by atoms with Crippen LogP contribution in [0.2, 0.25) is 0 Å². The molecule has 1 fully saturated rings. The molecule has 2 heterocycles. The third-order valence-electron chi connectivity index (χ3n) is 3.14. The summed E-state index contributed by atoms with van der Waals surface area (Å²) in [6.07, 6.45) is 2.56. The van der Waals surface area contributed by atoms with E-state index in [0.717, 1.165) is 4.47 Å². The fourth-order valence-corrected chi connectivity index (χ4v) is 3.21. The van der Waals surface area contributed by atoms with Crippen LogP contribution < -0.4 is 0 Å². The quantitative estimate of drug-likeness (QED) is 0.840. The van der Waals surface area contributed by atoms with E-state index in [4.69, 9.17) is 5.11 Å². The van der Waals surface area contributed by atoms with E-state index in [0.29, 0.717) is 36.1 Å². The molecule has 0 bridgehead atoms. The average molecular weight is 392 g/mol. The largest absolute Gasteiger partial charge is 0.481 e. The molecular weight excluding hydrogens is 380 g/mol. The Bertz CT molecular complexity index is 514. The molecule has 5 nitrogen and oxygen atoms in total. The Morgan fingerprint density at radius 2 is 1.95 bits per heavy atom. The molecule has 19 heavy (non-hydrogen) atoms. The number of carboxylic acids is 1. The molecule has 0 aliphatic carbocycles. The van der Waals surface area contributed by atoms with Crippen LogP contribution in [-0.4, -0.2) is 40.0 Å². The van der Waals surface area contributed by atoms with Crippen LogP contribution in [0.3, 0.4) is 0 Å². The lowest BCUT2D eigenvalue weighted by Gasteiger charge is -2.30. The zero-order valence-electron chi connectivity index (χ0n) is 9.97. The van der Waals surface area contributed by atoms with Crippen molar-refractivity contribution in [3.05, 3.63) is 26.9 Å². The third-order valence-corrected chi connectivity index (χ3v) is 4.18. The smallest absolute Gasteiger partial charge is 0.306 e. The van der Waals surface area contributed by atoms with Crippen LogP contribution in [0.25, 0.3) is 0 Å². The number of rotatable bonds is 2. The average Bonchev–Trinajstić information content (AvgIpc) is 2.38. The van der Waals surface area contributed by atoms with Gasteiger partial charge >= 0.3 is 5.97 Å². The molecule has 1 aromatic heterocycles. The van der Waals surface area contributed by atoms with Crippen molar-refractivity contribution in [3.8, 4) is 0 Å². The molecule has 102 valence electrons. The van der Waals surface area contributed by atoms with Crippen molar-refractivity contribution in [1.29, 1.82) is 0 Å². The molecule has 1 aliphatic heterocycles. The van der Waals surface area contributed by atoms with Gasteiger partial charge in [0.15, 0.2) is 0 Å². The Morgan fingerprint density at radius 1 is 1.32 bits per heavy atom. The number of likely N-dealkylation sites (tertiary alicyclic amines) is 1. The molecular formula is C12H12Br2N2O3. The minimum Gasteiger partial charge on any atom is -0.481 e. The Morgan fingerprint density at radius 3 is 2.47 bits per heavy atom. The molecule has 2 rings (SSSR count). The summed E-state index contributed by atoms with van der Waals surface area (Å²) in [5, 5.41) is 8.93.